The Morgan fingerprint density at radius 2 is 1.79 bits per heavy atom. The number of fused-ring (bicyclic) bond motifs is 1. The summed E-state index contributed by atoms with van der Waals surface area (Å²) in [5.41, 5.74) is 2.02. The summed E-state index contributed by atoms with van der Waals surface area (Å²) in [6.07, 6.45) is -1.63. The molecule has 0 atom stereocenters. The second-order valence-corrected chi connectivity index (χ2v) is 10.2. The Balaban J connectivity index is 1.13. The molecule has 0 radical (unpaired) electrons. The van der Waals surface area contributed by atoms with Crippen molar-refractivity contribution in [3.05, 3.63) is 47.8 Å². The molecule has 0 unspecified atom stereocenters. The average molecular weight is 531 g/mol. The number of anilines is 2. The molecule has 0 bridgehead atoms. The van der Waals surface area contributed by atoms with Crippen molar-refractivity contribution < 1.29 is 18.0 Å². The van der Waals surface area contributed by atoms with Crippen LogP contribution in [0.25, 0.3) is 5.65 Å². The number of rotatable bonds is 7. The summed E-state index contributed by atoms with van der Waals surface area (Å²) in [5.74, 6) is -0.328. The zero-order valence-corrected chi connectivity index (χ0v) is 21.5. The highest BCUT2D eigenvalue weighted by Crippen LogP contribution is 2.32. The number of halogens is 3. The van der Waals surface area contributed by atoms with Crippen LogP contribution in [-0.4, -0.2) is 88.4 Å². The molecule has 3 aromatic rings. The van der Waals surface area contributed by atoms with E-state index in [4.69, 9.17) is 0 Å². The minimum atomic E-state index is -4.62. The number of carbonyl (C=O) groups is 1. The van der Waals surface area contributed by atoms with E-state index in [0.29, 0.717) is 31.2 Å². The lowest BCUT2D eigenvalue weighted by Gasteiger charge is -2.33. The summed E-state index contributed by atoms with van der Waals surface area (Å²) in [6, 6.07) is 11.2. The predicted molar refractivity (Wildman–Crippen MR) is 138 cm³/mol. The first kappa shape index (κ1) is 26.4. The van der Waals surface area contributed by atoms with Gasteiger partial charge in [0.15, 0.2) is 5.65 Å². The fourth-order valence-electron chi connectivity index (χ4n) is 5.20. The number of likely N-dealkylation sites (N-methyl/N-ethyl adjacent to an activating group) is 1. The van der Waals surface area contributed by atoms with E-state index in [0.717, 1.165) is 67.8 Å². The number of piperazine rings is 1. The fourth-order valence-corrected chi connectivity index (χ4v) is 5.20. The van der Waals surface area contributed by atoms with Gasteiger partial charge in [-0.2, -0.15) is 17.7 Å². The van der Waals surface area contributed by atoms with E-state index in [1.807, 2.05) is 23.1 Å². The molecule has 0 saturated carbocycles. The Morgan fingerprint density at radius 3 is 2.53 bits per heavy atom. The Hall–Kier alpha value is -3.25. The van der Waals surface area contributed by atoms with E-state index in [2.05, 4.69) is 43.5 Å². The molecule has 9 nitrogen and oxygen atoms in total. The van der Waals surface area contributed by atoms with Crippen LogP contribution in [0.4, 0.5) is 24.7 Å². The minimum Gasteiger partial charge on any atom is -0.355 e. The topological polar surface area (TPSA) is 81.9 Å². The maximum absolute atomic E-state index is 13.2. The highest BCUT2D eigenvalue weighted by molar-refractivity contribution is 5.90. The van der Waals surface area contributed by atoms with Gasteiger partial charge < -0.3 is 20.0 Å². The van der Waals surface area contributed by atoms with Gasteiger partial charge >= 0.3 is 6.18 Å². The Labute approximate surface area is 219 Å². The Kier molecular flexibility index (Phi) is 7.80. The van der Waals surface area contributed by atoms with Crippen LogP contribution >= 0.6 is 0 Å². The van der Waals surface area contributed by atoms with Gasteiger partial charge in [-0.05, 0) is 68.6 Å². The van der Waals surface area contributed by atoms with Crippen LogP contribution in [0.3, 0.4) is 0 Å². The normalized spacial score (nSPS) is 18.3. The maximum atomic E-state index is 13.2. The van der Waals surface area contributed by atoms with E-state index in [1.54, 1.807) is 6.07 Å². The van der Waals surface area contributed by atoms with Crippen LogP contribution in [0.5, 0.6) is 0 Å². The molecule has 5 rings (SSSR count). The van der Waals surface area contributed by atoms with E-state index >= 15 is 0 Å². The van der Waals surface area contributed by atoms with Crippen molar-refractivity contribution >= 4 is 23.1 Å². The molecular formula is C26H33F3N8O. The number of amides is 1. The van der Waals surface area contributed by atoms with Crippen LogP contribution in [0.15, 0.2) is 36.4 Å². The van der Waals surface area contributed by atoms with Gasteiger partial charge in [0.25, 0.3) is 5.82 Å². The number of hydrogen-bond acceptors (Lipinski definition) is 7. The molecular weight excluding hydrogens is 497 g/mol. The van der Waals surface area contributed by atoms with Gasteiger partial charge in [0.2, 0.25) is 5.91 Å². The van der Waals surface area contributed by atoms with Gasteiger partial charge in [-0.25, -0.2) is 0 Å². The van der Waals surface area contributed by atoms with Crippen LogP contribution in [-0.2, 0) is 11.0 Å². The molecule has 0 spiro atoms. The third-order valence-corrected chi connectivity index (χ3v) is 7.44. The Bertz CT molecular complexity index is 1250. The van der Waals surface area contributed by atoms with Crippen molar-refractivity contribution in [1.29, 1.82) is 0 Å². The fraction of sp³-hybridized carbons (Fsp3) is 0.538. The van der Waals surface area contributed by atoms with Crippen molar-refractivity contribution in [1.82, 2.24) is 29.6 Å². The lowest BCUT2D eigenvalue weighted by Crippen LogP contribution is -2.44. The van der Waals surface area contributed by atoms with Gasteiger partial charge in [0, 0.05) is 51.4 Å². The smallest absolute Gasteiger partial charge is 0.355 e. The number of carbonyl (C=O) groups excluding carboxylic acids is 1. The van der Waals surface area contributed by atoms with E-state index in [1.165, 1.54) is 6.07 Å². The van der Waals surface area contributed by atoms with E-state index in [9.17, 15) is 18.0 Å². The molecule has 204 valence electrons. The second-order valence-electron chi connectivity index (χ2n) is 10.2. The quantitative estimate of drug-likeness (QED) is 0.501. The summed E-state index contributed by atoms with van der Waals surface area (Å²) in [6.45, 7) is 6.52. The third-order valence-electron chi connectivity index (χ3n) is 7.44. The molecule has 2 aromatic heterocycles. The Morgan fingerprint density at radius 1 is 1.03 bits per heavy atom. The summed E-state index contributed by atoms with van der Waals surface area (Å²) in [4.78, 5) is 19.2. The highest BCUT2D eigenvalue weighted by atomic mass is 19.4. The number of benzene rings is 1. The van der Waals surface area contributed by atoms with E-state index in [-0.39, 0.29) is 11.6 Å². The molecule has 1 N–H and O–H groups in total. The van der Waals surface area contributed by atoms with Crippen molar-refractivity contribution in [2.75, 3.05) is 63.1 Å². The lowest BCUT2D eigenvalue weighted by atomic mass is 9.89. The zero-order chi connectivity index (χ0) is 26.7. The van der Waals surface area contributed by atoms with Gasteiger partial charge in [-0.1, -0.05) is 12.1 Å². The zero-order valence-electron chi connectivity index (χ0n) is 21.5. The monoisotopic (exact) mass is 530 g/mol. The highest BCUT2D eigenvalue weighted by Gasteiger charge is 2.38. The maximum Gasteiger partial charge on any atom is 0.453 e. The molecule has 2 saturated heterocycles. The number of piperidine rings is 1. The number of alkyl halides is 3. The second kappa shape index (κ2) is 11.2. The van der Waals surface area contributed by atoms with Crippen LogP contribution < -0.4 is 10.2 Å². The van der Waals surface area contributed by atoms with Crippen molar-refractivity contribution in [2.24, 2.45) is 0 Å². The van der Waals surface area contributed by atoms with Gasteiger partial charge in [0.05, 0.1) is 0 Å². The number of hydrogen-bond donors (Lipinski definition) is 1. The summed E-state index contributed by atoms with van der Waals surface area (Å²) in [7, 11) is 2.13. The molecule has 38 heavy (non-hydrogen) atoms. The first-order chi connectivity index (χ1) is 18.3. The summed E-state index contributed by atoms with van der Waals surface area (Å²) >= 11 is 0. The molecule has 1 amide bonds. The largest absolute Gasteiger partial charge is 0.453 e. The third kappa shape index (κ3) is 6.24. The molecule has 2 aliphatic heterocycles. The lowest BCUT2D eigenvalue weighted by molar-refractivity contribution is -0.146. The molecule has 0 aliphatic carbocycles. The minimum absolute atomic E-state index is 0.0276. The molecule has 12 heteroatoms. The summed E-state index contributed by atoms with van der Waals surface area (Å²) in [5, 5.41) is 14.0. The van der Waals surface area contributed by atoms with Crippen LogP contribution in [0, 0.1) is 0 Å². The average Bonchev–Trinajstić information content (AvgIpc) is 3.34. The summed E-state index contributed by atoms with van der Waals surface area (Å²) < 4.78 is 40.4. The standard InChI is InChI=1S/C26H33F3N8O/c1-34-14-16-35(17-15-34)11-3-6-24(38)30-21-5-2-4-20(18-21)19-9-12-36(13-10-19)23-8-7-22-31-32-25(26(27,28)29)37(22)33-23/h2,4-5,7-8,18-19H,3,6,9-17H2,1H3,(H,30,38). The predicted octanol–water partition coefficient (Wildman–Crippen LogP) is 3.49. The first-order valence-corrected chi connectivity index (χ1v) is 13.1. The van der Waals surface area contributed by atoms with Crippen LogP contribution in [0.2, 0.25) is 0 Å². The van der Waals surface area contributed by atoms with Crippen molar-refractivity contribution in [3.63, 3.8) is 0 Å². The van der Waals surface area contributed by atoms with Crippen molar-refractivity contribution in [2.45, 2.75) is 37.8 Å². The molecule has 1 aromatic carbocycles. The van der Waals surface area contributed by atoms with Crippen molar-refractivity contribution in [3.8, 4) is 0 Å². The number of nitrogens with one attached hydrogen (secondary N) is 1. The van der Waals surface area contributed by atoms with E-state index < -0.39 is 12.0 Å². The number of nitrogens with zero attached hydrogens (tertiary/aromatic N) is 7. The first-order valence-electron chi connectivity index (χ1n) is 13.1. The molecule has 2 fully saturated rings. The van der Waals surface area contributed by atoms with Gasteiger partial charge in [-0.3, -0.25) is 4.79 Å². The molecule has 4 heterocycles. The SMILES string of the molecule is CN1CCN(CCCC(=O)Nc2cccc(C3CCN(c4ccc5nnc(C(F)(F)F)n5n4)CC3)c2)CC1. The van der Waals surface area contributed by atoms with Crippen LogP contribution in [0.1, 0.15) is 43.0 Å². The molecule has 2 aliphatic rings. The number of aromatic nitrogens is 4. The van der Waals surface area contributed by atoms with Gasteiger partial charge in [-0.15, -0.1) is 15.3 Å². The van der Waals surface area contributed by atoms with Gasteiger partial charge in [0.1, 0.15) is 5.82 Å².